The number of rotatable bonds is 7. The van der Waals surface area contributed by atoms with Gasteiger partial charge in [-0.2, -0.15) is 5.26 Å². The van der Waals surface area contributed by atoms with Crippen molar-refractivity contribution in [3.05, 3.63) is 23.8 Å². The molecule has 8 nitrogen and oxygen atoms in total. The number of esters is 1. The van der Waals surface area contributed by atoms with Crippen molar-refractivity contribution in [3.63, 3.8) is 0 Å². The van der Waals surface area contributed by atoms with Gasteiger partial charge < -0.3 is 24.3 Å². The van der Waals surface area contributed by atoms with E-state index in [2.05, 4.69) is 5.32 Å². The Morgan fingerprint density at radius 2 is 2.16 bits per heavy atom. The van der Waals surface area contributed by atoms with Gasteiger partial charge >= 0.3 is 5.97 Å². The maximum atomic E-state index is 11.7. The number of hydrogen-bond donors (Lipinski definition) is 1. The van der Waals surface area contributed by atoms with Crippen molar-refractivity contribution < 1.29 is 28.5 Å². The van der Waals surface area contributed by atoms with E-state index in [1.54, 1.807) is 12.1 Å². The van der Waals surface area contributed by atoms with Gasteiger partial charge in [-0.25, -0.2) is 4.79 Å². The molecule has 8 heteroatoms. The first-order valence-electron chi connectivity index (χ1n) is 7.60. The highest BCUT2D eigenvalue weighted by Gasteiger charge is 2.17. The van der Waals surface area contributed by atoms with Gasteiger partial charge in [-0.3, -0.25) is 4.79 Å². The molecule has 0 radical (unpaired) electrons. The molecular formula is C17H18N2O6. The van der Waals surface area contributed by atoms with Crippen LogP contribution in [-0.4, -0.2) is 45.4 Å². The Morgan fingerprint density at radius 1 is 1.36 bits per heavy atom. The Balaban J connectivity index is 1.91. The minimum absolute atomic E-state index is 0.200. The highest BCUT2D eigenvalue weighted by molar-refractivity contribution is 5.89. The van der Waals surface area contributed by atoms with Gasteiger partial charge in [0.25, 0.3) is 5.91 Å². The molecule has 0 spiro atoms. The third kappa shape index (κ3) is 5.42. The molecule has 1 aliphatic heterocycles. The number of carbonyl (C=O) groups excluding carboxylic acids is 2. The second-order valence-electron chi connectivity index (χ2n) is 4.95. The summed E-state index contributed by atoms with van der Waals surface area (Å²) in [7, 11) is 1.51. The number of methoxy groups -OCH3 is 1. The highest BCUT2D eigenvalue weighted by atomic mass is 16.6. The molecule has 25 heavy (non-hydrogen) atoms. The van der Waals surface area contributed by atoms with Gasteiger partial charge in [-0.15, -0.1) is 0 Å². The van der Waals surface area contributed by atoms with Crippen molar-refractivity contribution in [2.45, 2.75) is 6.42 Å². The lowest BCUT2D eigenvalue weighted by atomic mass is 10.1. The molecule has 0 fully saturated rings. The molecule has 0 aromatic heterocycles. The molecule has 1 heterocycles. The van der Waals surface area contributed by atoms with Crippen LogP contribution in [0.15, 0.2) is 18.2 Å². The first kappa shape index (κ1) is 18.1. The van der Waals surface area contributed by atoms with Crippen LogP contribution in [-0.2, 0) is 14.3 Å². The SMILES string of the molecule is COc1cc(/C=C/C(=O)OCC(=O)NCCC#N)cc2c1OCCO2. The number of hydrogen-bond acceptors (Lipinski definition) is 7. The zero-order valence-electron chi connectivity index (χ0n) is 13.7. The molecule has 1 aliphatic rings. The van der Waals surface area contributed by atoms with Crippen LogP contribution in [0.5, 0.6) is 17.2 Å². The Kier molecular flexibility index (Phi) is 6.65. The second kappa shape index (κ2) is 9.17. The van der Waals surface area contributed by atoms with Gasteiger partial charge in [0, 0.05) is 12.6 Å². The molecule has 0 aliphatic carbocycles. The molecule has 1 N–H and O–H groups in total. The standard InChI is InChI=1S/C17H18N2O6/c1-22-13-9-12(10-14-17(13)24-8-7-23-14)3-4-16(21)25-11-15(20)19-6-2-5-18/h3-4,9-10H,2,6-8,11H2,1H3,(H,19,20)/b4-3+. The first-order valence-corrected chi connectivity index (χ1v) is 7.60. The molecule has 0 bridgehead atoms. The number of carbonyl (C=O) groups is 2. The quantitative estimate of drug-likeness (QED) is 0.447. The van der Waals surface area contributed by atoms with Crippen LogP contribution in [0, 0.1) is 11.3 Å². The Morgan fingerprint density at radius 3 is 2.92 bits per heavy atom. The fourth-order valence-electron chi connectivity index (χ4n) is 2.05. The Bertz CT molecular complexity index is 691. The maximum absolute atomic E-state index is 11.7. The predicted octanol–water partition coefficient (Wildman–Crippen LogP) is 1.05. The topological polar surface area (TPSA) is 107 Å². The number of amides is 1. The fourth-order valence-corrected chi connectivity index (χ4v) is 2.05. The van der Waals surface area contributed by atoms with Crippen molar-refractivity contribution in [1.82, 2.24) is 5.32 Å². The molecular weight excluding hydrogens is 328 g/mol. The summed E-state index contributed by atoms with van der Waals surface area (Å²) in [6.45, 7) is 0.701. The number of benzene rings is 1. The van der Waals surface area contributed by atoms with Crippen molar-refractivity contribution >= 4 is 18.0 Å². The maximum Gasteiger partial charge on any atom is 0.331 e. The van der Waals surface area contributed by atoms with Crippen LogP contribution < -0.4 is 19.5 Å². The average molecular weight is 346 g/mol. The van der Waals surface area contributed by atoms with E-state index in [-0.39, 0.29) is 13.0 Å². The van der Waals surface area contributed by atoms with Crippen molar-refractivity contribution in [2.24, 2.45) is 0 Å². The lowest BCUT2D eigenvalue weighted by Crippen LogP contribution is -2.29. The summed E-state index contributed by atoms with van der Waals surface area (Å²) < 4.78 is 21.1. The van der Waals surface area contributed by atoms with Crippen LogP contribution in [0.2, 0.25) is 0 Å². The van der Waals surface area contributed by atoms with Gasteiger partial charge in [-0.05, 0) is 23.8 Å². The summed E-state index contributed by atoms with van der Waals surface area (Å²) in [6.07, 6.45) is 2.93. The van der Waals surface area contributed by atoms with Crippen LogP contribution >= 0.6 is 0 Å². The minimum atomic E-state index is -0.663. The van der Waals surface area contributed by atoms with Crippen LogP contribution in [0.4, 0.5) is 0 Å². The summed E-state index contributed by atoms with van der Waals surface area (Å²) in [5.41, 5.74) is 0.663. The third-order valence-electron chi connectivity index (χ3n) is 3.17. The van der Waals surface area contributed by atoms with E-state index in [0.29, 0.717) is 36.0 Å². The normalized spacial score (nSPS) is 12.3. The van der Waals surface area contributed by atoms with Crippen molar-refractivity contribution in [2.75, 3.05) is 33.5 Å². The van der Waals surface area contributed by atoms with Crippen molar-refractivity contribution in [1.29, 1.82) is 5.26 Å². The van der Waals surface area contributed by atoms with Gasteiger partial charge in [0.15, 0.2) is 18.1 Å². The fraction of sp³-hybridized carbons (Fsp3) is 0.353. The summed E-state index contributed by atoms with van der Waals surface area (Å²) in [6, 6.07) is 5.31. The number of nitriles is 1. The largest absolute Gasteiger partial charge is 0.493 e. The smallest absolute Gasteiger partial charge is 0.331 e. The lowest BCUT2D eigenvalue weighted by molar-refractivity contribution is -0.143. The lowest BCUT2D eigenvalue weighted by Gasteiger charge is -2.20. The minimum Gasteiger partial charge on any atom is -0.493 e. The summed E-state index contributed by atoms with van der Waals surface area (Å²) in [5.74, 6) is 0.447. The number of nitrogens with zero attached hydrogens (tertiary/aromatic N) is 1. The molecule has 1 aromatic rings. The predicted molar refractivity (Wildman–Crippen MR) is 87.2 cm³/mol. The van der Waals surface area contributed by atoms with E-state index < -0.39 is 18.5 Å². The van der Waals surface area contributed by atoms with E-state index in [9.17, 15) is 9.59 Å². The van der Waals surface area contributed by atoms with Gasteiger partial charge in [0.05, 0.1) is 19.6 Å². The first-order chi connectivity index (χ1) is 12.1. The highest BCUT2D eigenvalue weighted by Crippen LogP contribution is 2.40. The zero-order valence-corrected chi connectivity index (χ0v) is 13.7. The van der Waals surface area contributed by atoms with Gasteiger partial charge in [0.1, 0.15) is 13.2 Å². The van der Waals surface area contributed by atoms with Crippen LogP contribution in [0.1, 0.15) is 12.0 Å². The van der Waals surface area contributed by atoms with Gasteiger partial charge in [-0.1, -0.05) is 0 Å². The third-order valence-corrected chi connectivity index (χ3v) is 3.17. The van der Waals surface area contributed by atoms with E-state index in [1.807, 2.05) is 6.07 Å². The van der Waals surface area contributed by atoms with E-state index in [0.717, 1.165) is 0 Å². The molecule has 1 aromatic carbocycles. The van der Waals surface area contributed by atoms with E-state index >= 15 is 0 Å². The van der Waals surface area contributed by atoms with Gasteiger partial charge in [0.2, 0.25) is 5.75 Å². The Hall–Kier alpha value is -3.21. The number of nitrogens with one attached hydrogen (secondary N) is 1. The summed E-state index contributed by atoms with van der Waals surface area (Å²) >= 11 is 0. The van der Waals surface area contributed by atoms with Crippen LogP contribution in [0.3, 0.4) is 0 Å². The summed E-state index contributed by atoms with van der Waals surface area (Å²) in [4.78, 5) is 23.0. The Labute approximate surface area is 144 Å². The molecule has 0 saturated carbocycles. The number of fused-ring (bicyclic) bond motifs is 1. The number of ether oxygens (including phenoxy) is 4. The second-order valence-corrected chi connectivity index (χ2v) is 4.95. The van der Waals surface area contributed by atoms with E-state index in [1.165, 1.54) is 19.3 Å². The monoisotopic (exact) mass is 346 g/mol. The van der Waals surface area contributed by atoms with Crippen molar-refractivity contribution in [3.8, 4) is 23.3 Å². The zero-order chi connectivity index (χ0) is 18.1. The van der Waals surface area contributed by atoms with Crippen LogP contribution in [0.25, 0.3) is 6.08 Å². The molecule has 132 valence electrons. The van der Waals surface area contributed by atoms with E-state index in [4.69, 9.17) is 24.2 Å². The average Bonchev–Trinajstić information content (AvgIpc) is 2.64. The molecule has 2 rings (SSSR count). The molecule has 0 atom stereocenters. The molecule has 0 unspecified atom stereocenters. The molecule has 0 saturated heterocycles. The molecule has 1 amide bonds. The summed E-state index contributed by atoms with van der Waals surface area (Å²) in [5, 5.41) is 10.8.